The molecule has 190 valence electrons. The molecule has 0 saturated heterocycles. The molecule has 0 fully saturated rings. The molecule has 3 rings (SSSR count). The summed E-state index contributed by atoms with van der Waals surface area (Å²) in [7, 11) is 0. The van der Waals surface area contributed by atoms with Crippen LogP contribution in [0.15, 0.2) is 72.8 Å². The Morgan fingerprint density at radius 2 is 1.56 bits per heavy atom. The first-order chi connectivity index (χ1) is 17.3. The number of rotatable bonds is 11. The van der Waals surface area contributed by atoms with E-state index in [1.165, 1.54) is 5.56 Å². The molecule has 1 unspecified atom stereocenters. The van der Waals surface area contributed by atoms with E-state index in [0.29, 0.717) is 22.2 Å². The molecule has 0 heterocycles. The lowest BCUT2D eigenvalue weighted by Crippen LogP contribution is -2.52. The molecule has 1 atom stereocenters. The topological polar surface area (TPSA) is 58.6 Å². The quantitative estimate of drug-likeness (QED) is 0.328. The van der Waals surface area contributed by atoms with E-state index >= 15 is 0 Å². The van der Waals surface area contributed by atoms with Crippen molar-refractivity contribution in [3.05, 3.63) is 99.5 Å². The van der Waals surface area contributed by atoms with Crippen molar-refractivity contribution < 1.29 is 14.3 Å². The van der Waals surface area contributed by atoms with E-state index in [1.54, 1.807) is 23.1 Å². The van der Waals surface area contributed by atoms with Crippen LogP contribution in [0.5, 0.6) is 5.75 Å². The third kappa shape index (κ3) is 8.00. The number of carbonyl (C=O) groups is 2. The number of benzene rings is 3. The number of ether oxygens (including phenoxy) is 1. The minimum Gasteiger partial charge on any atom is -0.484 e. The van der Waals surface area contributed by atoms with Crippen LogP contribution < -0.4 is 10.1 Å². The van der Waals surface area contributed by atoms with Gasteiger partial charge in [-0.05, 0) is 61.2 Å². The summed E-state index contributed by atoms with van der Waals surface area (Å²) >= 11 is 12.3. The van der Waals surface area contributed by atoms with Crippen LogP contribution in [0.1, 0.15) is 37.5 Å². The molecular weight excluding hydrogens is 495 g/mol. The van der Waals surface area contributed by atoms with Gasteiger partial charge in [0.2, 0.25) is 5.91 Å². The summed E-state index contributed by atoms with van der Waals surface area (Å²) in [5.41, 5.74) is 2.90. The summed E-state index contributed by atoms with van der Waals surface area (Å²) in [6, 6.07) is 21.7. The first-order valence-corrected chi connectivity index (χ1v) is 12.8. The predicted molar refractivity (Wildman–Crippen MR) is 146 cm³/mol. The van der Waals surface area contributed by atoms with E-state index in [2.05, 4.69) is 12.2 Å². The Morgan fingerprint density at radius 3 is 2.17 bits per heavy atom. The van der Waals surface area contributed by atoms with Crippen LogP contribution in [-0.4, -0.2) is 35.4 Å². The number of hydrogen-bond donors (Lipinski definition) is 1. The summed E-state index contributed by atoms with van der Waals surface area (Å²) in [6.07, 6.45) is 1.28. The molecule has 5 nitrogen and oxygen atoms in total. The van der Waals surface area contributed by atoms with Crippen LogP contribution >= 0.6 is 23.2 Å². The molecule has 0 bridgehead atoms. The van der Waals surface area contributed by atoms with Crippen molar-refractivity contribution in [2.75, 3.05) is 6.61 Å². The second-order valence-corrected chi connectivity index (χ2v) is 9.74. The van der Waals surface area contributed by atoms with Gasteiger partial charge >= 0.3 is 0 Å². The zero-order chi connectivity index (χ0) is 26.1. The van der Waals surface area contributed by atoms with Crippen LogP contribution in [-0.2, 0) is 29.0 Å². The first kappa shape index (κ1) is 27.6. The van der Waals surface area contributed by atoms with Gasteiger partial charge in [0.05, 0.1) is 10.0 Å². The predicted octanol–water partition coefficient (Wildman–Crippen LogP) is 6.10. The van der Waals surface area contributed by atoms with Crippen molar-refractivity contribution in [2.24, 2.45) is 0 Å². The van der Waals surface area contributed by atoms with Crippen molar-refractivity contribution in [1.82, 2.24) is 10.2 Å². The lowest BCUT2D eigenvalue weighted by Gasteiger charge is -2.32. The van der Waals surface area contributed by atoms with Crippen molar-refractivity contribution in [2.45, 2.75) is 52.2 Å². The fourth-order valence-corrected chi connectivity index (χ4v) is 4.14. The molecule has 3 aromatic carbocycles. The molecule has 0 aromatic heterocycles. The second kappa shape index (κ2) is 13.3. The third-order valence-corrected chi connectivity index (χ3v) is 6.47. The summed E-state index contributed by atoms with van der Waals surface area (Å²) in [5.74, 6) is 0.0660. The number of aryl methyl sites for hydroxylation is 1. The number of halogens is 2. The molecule has 0 aliphatic carbocycles. The highest BCUT2D eigenvalue weighted by atomic mass is 35.5. The molecule has 2 amide bonds. The van der Waals surface area contributed by atoms with E-state index in [1.807, 2.05) is 68.4 Å². The van der Waals surface area contributed by atoms with Gasteiger partial charge in [-0.2, -0.15) is 0 Å². The average molecular weight is 527 g/mol. The van der Waals surface area contributed by atoms with Crippen LogP contribution in [0.2, 0.25) is 10.0 Å². The number of amides is 2. The smallest absolute Gasteiger partial charge is 0.261 e. The van der Waals surface area contributed by atoms with Crippen molar-refractivity contribution in [3.63, 3.8) is 0 Å². The molecule has 0 spiro atoms. The largest absolute Gasteiger partial charge is 0.484 e. The number of nitrogens with one attached hydrogen (secondary N) is 1. The van der Waals surface area contributed by atoms with Crippen LogP contribution in [0, 0.1) is 0 Å². The normalized spacial score (nSPS) is 11.7. The SMILES string of the molecule is CCc1ccc(OCC(=O)N(Cc2ccc(Cl)c(Cl)c2)C(Cc2ccccc2)C(=O)NC(C)C)cc1. The third-order valence-electron chi connectivity index (χ3n) is 5.73. The van der Waals surface area contributed by atoms with Gasteiger partial charge in [-0.25, -0.2) is 0 Å². The second-order valence-electron chi connectivity index (χ2n) is 8.93. The van der Waals surface area contributed by atoms with Gasteiger partial charge in [0.15, 0.2) is 6.61 Å². The zero-order valence-electron chi connectivity index (χ0n) is 20.8. The monoisotopic (exact) mass is 526 g/mol. The van der Waals surface area contributed by atoms with E-state index in [-0.39, 0.29) is 31.0 Å². The van der Waals surface area contributed by atoms with Crippen molar-refractivity contribution >= 4 is 35.0 Å². The fraction of sp³-hybridized carbons (Fsp3) is 0.310. The lowest BCUT2D eigenvalue weighted by molar-refractivity contribution is -0.143. The zero-order valence-corrected chi connectivity index (χ0v) is 22.4. The van der Waals surface area contributed by atoms with Crippen molar-refractivity contribution in [3.8, 4) is 5.75 Å². The van der Waals surface area contributed by atoms with Crippen LogP contribution in [0.25, 0.3) is 0 Å². The Hall–Kier alpha value is -3.02. The van der Waals surface area contributed by atoms with Crippen LogP contribution in [0.4, 0.5) is 0 Å². The molecule has 1 N–H and O–H groups in total. The Bertz CT molecular complexity index is 1150. The van der Waals surface area contributed by atoms with Gasteiger partial charge < -0.3 is 15.0 Å². The minimum absolute atomic E-state index is 0.0777. The van der Waals surface area contributed by atoms with E-state index in [9.17, 15) is 9.59 Å². The summed E-state index contributed by atoms with van der Waals surface area (Å²) in [4.78, 5) is 28.5. The maximum Gasteiger partial charge on any atom is 0.261 e. The van der Waals surface area contributed by atoms with Gasteiger partial charge in [-0.15, -0.1) is 0 Å². The summed E-state index contributed by atoms with van der Waals surface area (Å²) in [6.45, 7) is 5.84. The molecule has 3 aromatic rings. The average Bonchev–Trinajstić information content (AvgIpc) is 2.87. The number of nitrogens with zero attached hydrogens (tertiary/aromatic N) is 1. The van der Waals surface area contributed by atoms with Gasteiger partial charge in [0, 0.05) is 19.0 Å². The molecule has 7 heteroatoms. The van der Waals surface area contributed by atoms with Crippen LogP contribution in [0.3, 0.4) is 0 Å². The number of hydrogen-bond acceptors (Lipinski definition) is 3. The highest BCUT2D eigenvalue weighted by Gasteiger charge is 2.31. The Kier molecular flexibility index (Phi) is 10.2. The Balaban J connectivity index is 1.90. The fourth-order valence-electron chi connectivity index (χ4n) is 3.82. The molecule has 0 aliphatic rings. The molecular formula is C29H32Cl2N2O3. The highest BCUT2D eigenvalue weighted by molar-refractivity contribution is 6.42. The van der Waals surface area contributed by atoms with E-state index < -0.39 is 6.04 Å². The first-order valence-electron chi connectivity index (χ1n) is 12.1. The molecule has 0 saturated carbocycles. The molecule has 36 heavy (non-hydrogen) atoms. The van der Waals surface area contributed by atoms with Gasteiger partial charge in [-0.1, -0.05) is 78.7 Å². The maximum atomic E-state index is 13.6. The lowest BCUT2D eigenvalue weighted by atomic mass is 10.0. The molecule has 0 aliphatic heterocycles. The van der Waals surface area contributed by atoms with E-state index in [4.69, 9.17) is 27.9 Å². The van der Waals surface area contributed by atoms with Gasteiger partial charge in [-0.3, -0.25) is 9.59 Å². The summed E-state index contributed by atoms with van der Waals surface area (Å²) < 4.78 is 5.82. The Labute approximate surface area is 223 Å². The van der Waals surface area contributed by atoms with Gasteiger partial charge in [0.1, 0.15) is 11.8 Å². The Morgan fingerprint density at radius 1 is 0.889 bits per heavy atom. The highest BCUT2D eigenvalue weighted by Crippen LogP contribution is 2.24. The van der Waals surface area contributed by atoms with Gasteiger partial charge in [0.25, 0.3) is 5.91 Å². The van der Waals surface area contributed by atoms with E-state index in [0.717, 1.165) is 17.5 Å². The standard InChI is InChI=1S/C29H32Cl2N2O3/c1-4-21-10-13-24(14-11-21)36-19-28(34)33(18-23-12-15-25(30)26(31)16-23)27(29(35)32-20(2)3)17-22-8-6-5-7-9-22/h5-16,20,27H,4,17-19H2,1-3H3,(H,32,35). The molecule has 0 radical (unpaired) electrons. The summed E-state index contributed by atoms with van der Waals surface area (Å²) in [5, 5.41) is 3.79. The maximum absolute atomic E-state index is 13.6. The minimum atomic E-state index is -0.747. The number of carbonyl (C=O) groups excluding carboxylic acids is 2. The van der Waals surface area contributed by atoms with Crippen molar-refractivity contribution in [1.29, 1.82) is 0 Å².